The molecule has 0 saturated carbocycles. The van der Waals surface area contributed by atoms with Gasteiger partial charge in [0.1, 0.15) is 5.75 Å². The molecule has 0 atom stereocenters. The number of methoxy groups -OCH3 is 1. The van der Waals surface area contributed by atoms with Crippen molar-refractivity contribution in [1.82, 2.24) is 15.5 Å². The van der Waals surface area contributed by atoms with Crippen molar-refractivity contribution in [3.05, 3.63) is 42.5 Å². The molecule has 23 heavy (non-hydrogen) atoms. The largest absolute Gasteiger partial charge is 0.496 e. The fourth-order valence-corrected chi connectivity index (χ4v) is 1.66. The van der Waals surface area contributed by atoms with E-state index in [0.29, 0.717) is 19.0 Å². The van der Waals surface area contributed by atoms with Crippen molar-refractivity contribution in [3.63, 3.8) is 0 Å². The zero-order chi connectivity index (χ0) is 16.4. The Kier molecular flexibility index (Phi) is 10.8. The molecule has 1 aromatic rings. The van der Waals surface area contributed by atoms with E-state index in [2.05, 4.69) is 22.2 Å². The minimum atomic E-state index is -0.0228. The highest BCUT2D eigenvalue weighted by Gasteiger charge is 2.06. The Balaban J connectivity index is 0.00000484. The van der Waals surface area contributed by atoms with Crippen LogP contribution in [0.3, 0.4) is 0 Å². The zero-order valence-electron chi connectivity index (χ0n) is 13.8. The summed E-state index contributed by atoms with van der Waals surface area (Å²) in [7, 11) is 5.06. The standard InChI is InChI=1S/C16H24N4O2.HI/c1-5-10-17-16(19-12-15(21)20(2)3)18-11-13-8-6-7-9-14(13)22-4;/h5-9H,1,10-12H2,2-4H3,(H2,17,18,19);1H. The summed E-state index contributed by atoms with van der Waals surface area (Å²) in [5.41, 5.74) is 0.976. The molecule has 7 heteroatoms. The van der Waals surface area contributed by atoms with Crippen LogP contribution in [0.4, 0.5) is 0 Å². The van der Waals surface area contributed by atoms with Crippen LogP contribution < -0.4 is 15.4 Å². The van der Waals surface area contributed by atoms with E-state index in [1.165, 1.54) is 4.90 Å². The molecule has 0 radical (unpaired) electrons. The summed E-state index contributed by atoms with van der Waals surface area (Å²) in [5.74, 6) is 1.32. The number of halogens is 1. The third-order valence-electron chi connectivity index (χ3n) is 2.92. The topological polar surface area (TPSA) is 66.0 Å². The molecule has 0 heterocycles. The molecule has 0 bridgehead atoms. The Morgan fingerprint density at radius 3 is 2.65 bits per heavy atom. The van der Waals surface area contributed by atoms with E-state index >= 15 is 0 Å². The highest BCUT2D eigenvalue weighted by atomic mass is 127. The highest BCUT2D eigenvalue weighted by Crippen LogP contribution is 2.17. The van der Waals surface area contributed by atoms with Crippen molar-refractivity contribution < 1.29 is 9.53 Å². The van der Waals surface area contributed by atoms with Gasteiger partial charge in [-0.3, -0.25) is 4.79 Å². The van der Waals surface area contributed by atoms with E-state index in [9.17, 15) is 4.79 Å². The Hall–Kier alpha value is -1.77. The molecule has 0 aromatic heterocycles. The summed E-state index contributed by atoms with van der Waals surface area (Å²) in [4.78, 5) is 17.6. The van der Waals surface area contributed by atoms with Crippen molar-refractivity contribution >= 4 is 35.8 Å². The maximum absolute atomic E-state index is 11.6. The average molecular weight is 432 g/mol. The Morgan fingerprint density at radius 2 is 2.04 bits per heavy atom. The number of aliphatic imine (C=N–C) groups is 1. The van der Waals surface area contributed by atoms with Gasteiger partial charge in [-0.15, -0.1) is 30.6 Å². The number of ether oxygens (including phenoxy) is 1. The Bertz CT molecular complexity index is 533. The number of guanidine groups is 1. The van der Waals surface area contributed by atoms with Crippen LogP contribution in [0.2, 0.25) is 0 Å². The molecule has 0 fully saturated rings. The first-order valence-electron chi connectivity index (χ1n) is 7.03. The van der Waals surface area contributed by atoms with Gasteiger partial charge in [0.2, 0.25) is 5.91 Å². The molecule has 0 unspecified atom stereocenters. The second-order valence-corrected chi connectivity index (χ2v) is 4.79. The molecular weight excluding hydrogens is 407 g/mol. The lowest BCUT2D eigenvalue weighted by Gasteiger charge is -2.14. The third-order valence-corrected chi connectivity index (χ3v) is 2.92. The SMILES string of the molecule is C=CCNC(=NCc1ccccc1OC)NCC(=O)N(C)C.I. The molecule has 1 amide bonds. The van der Waals surface area contributed by atoms with Crippen LogP contribution >= 0.6 is 24.0 Å². The fourth-order valence-electron chi connectivity index (χ4n) is 1.66. The molecule has 0 saturated heterocycles. The minimum absolute atomic E-state index is 0. The molecule has 128 valence electrons. The van der Waals surface area contributed by atoms with Crippen LogP contribution in [0.1, 0.15) is 5.56 Å². The van der Waals surface area contributed by atoms with Crippen LogP contribution in [0.25, 0.3) is 0 Å². The number of benzene rings is 1. The van der Waals surface area contributed by atoms with Crippen molar-refractivity contribution in [1.29, 1.82) is 0 Å². The number of carbonyl (C=O) groups is 1. The molecule has 2 N–H and O–H groups in total. The van der Waals surface area contributed by atoms with E-state index < -0.39 is 0 Å². The first kappa shape index (κ1) is 21.2. The molecule has 0 aliphatic heterocycles. The van der Waals surface area contributed by atoms with Gasteiger partial charge in [-0.1, -0.05) is 24.3 Å². The maximum atomic E-state index is 11.6. The van der Waals surface area contributed by atoms with E-state index in [1.54, 1.807) is 27.3 Å². The first-order valence-corrected chi connectivity index (χ1v) is 7.03. The van der Waals surface area contributed by atoms with Gasteiger partial charge in [0.05, 0.1) is 20.2 Å². The van der Waals surface area contributed by atoms with Gasteiger partial charge in [-0.25, -0.2) is 4.99 Å². The number of amides is 1. The van der Waals surface area contributed by atoms with Gasteiger partial charge in [0, 0.05) is 26.2 Å². The van der Waals surface area contributed by atoms with Gasteiger partial charge >= 0.3 is 0 Å². The van der Waals surface area contributed by atoms with Gasteiger partial charge in [0.25, 0.3) is 0 Å². The number of carbonyl (C=O) groups excluding carboxylic acids is 1. The molecule has 6 nitrogen and oxygen atoms in total. The van der Waals surface area contributed by atoms with Gasteiger partial charge in [-0.2, -0.15) is 0 Å². The van der Waals surface area contributed by atoms with Gasteiger partial charge in [0.15, 0.2) is 5.96 Å². The number of hydrogen-bond donors (Lipinski definition) is 2. The number of hydrogen-bond acceptors (Lipinski definition) is 3. The summed E-state index contributed by atoms with van der Waals surface area (Å²) in [6, 6.07) is 7.70. The summed E-state index contributed by atoms with van der Waals surface area (Å²) in [6.07, 6.45) is 1.73. The zero-order valence-corrected chi connectivity index (χ0v) is 16.2. The van der Waals surface area contributed by atoms with Crippen molar-refractivity contribution in [2.75, 3.05) is 34.3 Å². The van der Waals surface area contributed by atoms with Gasteiger partial charge in [-0.05, 0) is 6.07 Å². The number of para-hydroxylation sites is 1. The number of nitrogens with zero attached hydrogens (tertiary/aromatic N) is 2. The Labute approximate surface area is 155 Å². The summed E-state index contributed by atoms with van der Waals surface area (Å²) in [5, 5.41) is 6.08. The third kappa shape index (κ3) is 7.87. The van der Waals surface area contributed by atoms with Crippen LogP contribution in [0.15, 0.2) is 41.9 Å². The predicted octanol–water partition coefficient (Wildman–Crippen LogP) is 1.62. The normalized spacial score (nSPS) is 10.3. The van der Waals surface area contributed by atoms with Crippen LogP contribution in [0, 0.1) is 0 Å². The summed E-state index contributed by atoms with van der Waals surface area (Å²) in [6.45, 7) is 4.86. The van der Waals surface area contributed by atoms with E-state index in [-0.39, 0.29) is 36.4 Å². The number of nitrogens with one attached hydrogen (secondary N) is 2. The minimum Gasteiger partial charge on any atom is -0.496 e. The molecule has 1 rings (SSSR count). The quantitative estimate of drug-likeness (QED) is 0.298. The highest BCUT2D eigenvalue weighted by molar-refractivity contribution is 14.0. The first-order chi connectivity index (χ1) is 10.6. The molecule has 1 aromatic carbocycles. The smallest absolute Gasteiger partial charge is 0.241 e. The van der Waals surface area contributed by atoms with E-state index in [1.807, 2.05) is 24.3 Å². The predicted molar refractivity (Wildman–Crippen MR) is 104 cm³/mol. The molecule has 0 spiro atoms. The summed E-state index contributed by atoms with van der Waals surface area (Å²) < 4.78 is 5.30. The average Bonchev–Trinajstić information content (AvgIpc) is 2.53. The molecule has 0 aliphatic rings. The molecular formula is C16H25IN4O2. The fraction of sp³-hybridized carbons (Fsp3) is 0.375. The lowest BCUT2D eigenvalue weighted by molar-refractivity contribution is -0.127. The van der Waals surface area contributed by atoms with Crippen LogP contribution in [-0.2, 0) is 11.3 Å². The lowest BCUT2D eigenvalue weighted by Crippen LogP contribution is -2.43. The maximum Gasteiger partial charge on any atom is 0.241 e. The van der Waals surface area contributed by atoms with Gasteiger partial charge < -0.3 is 20.3 Å². The molecule has 0 aliphatic carbocycles. The van der Waals surface area contributed by atoms with Crippen molar-refractivity contribution in [3.8, 4) is 5.75 Å². The number of likely N-dealkylation sites (N-methyl/N-ethyl adjacent to an activating group) is 1. The summed E-state index contributed by atoms with van der Waals surface area (Å²) >= 11 is 0. The van der Waals surface area contributed by atoms with Crippen molar-refractivity contribution in [2.45, 2.75) is 6.54 Å². The van der Waals surface area contributed by atoms with Crippen molar-refractivity contribution in [2.24, 2.45) is 4.99 Å². The second kappa shape index (κ2) is 11.8. The lowest BCUT2D eigenvalue weighted by atomic mass is 10.2. The monoisotopic (exact) mass is 432 g/mol. The van der Waals surface area contributed by atoms with Crippen LogP contribution in [-0.4, -0.2) is 51.1 Å². The van der Waals surface area contributed by atoms with E-state index in [4.69, 9.17) is 4.74 Å². The number of rotatable bonds is 7. The van der Waals surface area contributed by atoms with Crippen LogP contribution in [0.5, 0.6) is 5.75 Å². The van der Waals surface area contributed by atoms with E-state index in [0.717, 1.165) is 11.3 Å². The second-order valence-electron chi connectivity index (χ2n) is 4.79. The Morgan fingerprint density at radius 1 is 1.35 bits per heavy atom.